The molecule has 0 aliphatic rings. The molecule has 0 aliphatic heterocycles. The van der Waals surface area contributed by atoms with E-state index in [2.05, 4.69) is 21.2 Å². The van der Waals surface area contributed by atoms with Gasteiger partial charge < -0.3 is 20.3 Å². The summed E-state index contributed by atoms with van der Waals surface area (Å²) in [6, 6.07) is 4.49. The molecule has 1 aromatic carbocycles. The van der Waals surface area contributed by atoms with Gasteiger partial charge in [-0.25, -0.2) is 4.79 Å². The number of aromatic carboxylic acids is 1. The number of anilines is 1. The van der Waals surface area contributed by atoms with E-state index in [1.54, 1.807) is 6.07 Å². The van der Waals surface area contributed by atoms with Gasteiger partial charge in [-0.3, -0.25) is 0 Å². The van der Waals surface area contributed by atoms with Crippen molar-refractivity contribution in [3.63, 3.8) is 0 Å². The van der Waals surface area contributed by atoms with Gasteiger partial charge in [-0.2, -0.15) is 0 Å². The second-order valence-electron chi connectivity index (χ2n) is 3.51. The van der Waals surface area contributed by atoms with E-state index in [1.165, 1.54) is 19.2 Å². The summed E-state index contributed by atoms with van der Waals surface area (Å²) >= 11 is 3.24. The molecule has 5 nitrogen and oxygen atoms in total. The summed E-state index contributed by atoms with van der Waals surface area (Å²) in [5.74, 6) is -0.998. The third-order valence-electron chi connectivity index (χ3n) is 2.10. The number of hydrogen-bond acceptors (Lipinski definition) is 4. The van der Waals surface area contributed by atoms with Gasteiger partial charge in [0.1, 0.15) is 0 Å². The molecule has 1 unspecified atom stereocenters. The summed E-state index contributed by atoms with van der Waals surface area (Å²) in [5, 5.41) is 21.0. The Morgan fingerprint density at radius 2 is 2.24 bits per heavy atom. The highest BCUT2D eigenvalue weighted by Gasteiger charge is 2.10. The van der Waals surface area contributed by atoms with Gasteiger partial charge in [-0.15, -0.1) is 0 Å². The maximum Gasteiger partial charge on any atom is 0.335 e. The molecule has 0 fully saturated rings. The topological polar surface area (TPSA) is 78.8 Å². The summed E-state index contributed by atoms with van der Waals surface area (Å²) in [6.45, 7) is 0.244. The number of carboxylic acid groups (broad SMARTS) is 1. The monoisotopic (exact) mass is 303 g/mol. The number of ether oxygens (including phenoxy) is 1. The van der Waals surface area contributed by atoms with E-state index in [0.717, 1.165) is 0 Å². The highest BCUT2D eigenvalue weighted by molar-refractivity contribution is 9.10. The van der Waals surface area contributed by atoms with E-state index in [9.17, 15) is 4.79 Å². The van der Waals surface area contributed by atoms with Gasteiger partial charge in [0.05, 0.1) is 24.8 Å². The molecule has 0 amide bonds. The molecule has 0 radical (unpaired) electrons. The van der Waals surface area contributed by atoms with Gasteiger partial charge in [-0.05, 0) is 18.2 Å². The number of halogens is 1. The lowest BCUT2D eigenvalue weighted by molar-refractivity contribution is 0.0697. The molecule has 17 heavy (non-hydrogen) atoms. The number of methoxy groups -OCH3 is 1. The van der Waals surface area contributed by atoms with Crippen LogP contribution >= 0.6 is 15.9 Å². The zero-order valence-corrected chi connectivity index (χ0v) is 10.9. The van der Waals surface area contributed by atoms with Gasteiger partial charge in [-0.1, -0.05) is 15.9 Å². The largest absolute Gasteiger partial charge is 0.478 e. The molecule has 0 aromatic heterocycles. The molecule has 0 bridgehead atoms. The molecule has 1 rings (SSSR count). The summed E-state index contributed by atoms with van der Waals surface area (Å²) in [6.07, 6.45) is 0. The van der Waals surface area contributed by atoms with E-state index in [-0.39, 0.29) is 18.2 Å². The van der Waals surface area contributed by atoms with Crippen molar-refractivity contribution < 1.29 is 19.7 Å². The Balaban J connectivity index is 2.86. The van der Waals surface area contributed by atoms with Gasteiger partial charge in [0, 0.05) is 17.3 Å². The fourth-order valence-electron chi connectivity index (χ4n) is 1.37. The number of nitrogens with one attached hydrogen (secondary N) is 1. The van der Waals surface area contributed by atoms with Crippen molar-refractivity contribution in [1.82, 2.24) is 0 Å². The Morgan fingerprint density at radius 1 is 1.53 bits per heavy atom. The second-order valence-corrected chi connectivity index (χ2v) is 4.43. The van der Waals surface area contributed by atoms with Crippen LogP contribution in [0.1, 0.15) is 10.4 Å². The van der Waals surface area contributed by atoms with E-state index < -0.39 is 5.97 Å². The number of aliphatic hydroxyl groups excluding tert-OH is 1. The zero-order chi connectivity index (χ0) is 12.8. The molecule has 1 aromatic rings. The lowest BCUT2D eigenvalue weighted by atomic mass is 10.2. The van der Waals surface area contributed by atoms with Crippen molar-refractivity contribution in [2.45, 2.75) is 6.04 Å². The normalized spacial score (nSPS) is 12.2. The third kappa shape index (κ3) is 4.33. The van der Waals surface area contributed by atoms with Crippen LogP contribution in [0.4, 0.5) is 5.69 Å². The predicted molar refractivity (Wildman–Crippen MR) is 67.5 cm³/mol. The van der Waals surface area contributed by atoms with Crippen LogP contribution in [-0.4, -0.2) is 42.5 Å². The van der Waals surface area contributed by atoms with E-state index in [1.807, 2.05) is 0 Å². The minimum Gasteiger partial charge on any atom is -0.478 e. The minimum atomic E-state index is -0.998. The van der Waals surface area contributed by atoms with Crippen molar-refractivity contribution >= 4 is 27.6 Å². The van der Waals surface area contributed by atoms with Crippen LogP contribution in [0.15, 0.2) is 22.7 Å². The van der Waals surface area contributed by atoms with Crippen LogP contribution in [-0.2, 0) is 4.74 Å². The molecule has 0 spiro atoms. The lowest BCUT2D eigenvalue weighted by Gasteiger charge is -2.17. The molecule has 1 atom stereocenters. The van der Waals surface area contributed by atoms with E-state index in [0.29, 0.717) is 16.8 Å². The molecule has 0 heterocycles. The SMILES string of the molecule is COCC(CO)Nc1cc(Br)cc(C(=O)O)c1. The third-order valence-corrected chi connectivity index (χ3v) is 2.56. The average Bonchev–Trinajstić information content (AvgIpc) is 2.27. The molecule has 94 valence electrons. The Labute approximate surface area is 108 Å². The van der Waals surface area contributed by atoms with Crippen LogP contribution < -0.4 is 5.32 Å². The molecular formula is C11H14BrNO4. The number of carbonyl (C=O) groups is 1. The Kier molecular flexibility index (Phi) is 5.40. The maximum atomic E-state index is 10.9. The number of hydrogen-bond donors (Lipinski definition) is 3. The number of carboxylic acids is 1. The van der Waals surface area contributed by atoms with Crippen LogP contribution in [0.2, 0.25) is 0 Å². The fraction of sp³-hybridized carbons (Fsp3) is 0.364. The first-order chi connectivity index (χ1) is 8.06. The molecule has 0 aliphatic carbocycles. The summed E-state index contributed by atoms with van der Waals surface area (Å²) in [4.78, 5) is 10.9. The van der Waals surface area contributed by atoms with Crippen LogP contribution in [0.5, 0.6) is 0 Å². The summed E-state index contributed by atoms with van der Waals surface area (Å²) < 4.78 is 5.59. The molecular weight excluding hydrogens is 290 g/mol. The number of benzene rings is 1. The molecule has 6 heteroatoms. The highest BCUT2D eigenvalue weighted by atomic mass is 79.9. The van der Waals surface area contributed by atoms with E-state index in [4.69, 9.17) is 14.9 Å². The first-order valence-corrected chi connectivity index (χ1v) is 5.76. The Morgan fingerprint density at radius 3 is 2.76 bits per heavy atom. The predicted octanol–water partition coefficient (Wildman–Crippen LogP) is 1.57. The van der Waals surface area contributed by atoms with Crippen molar-refractivity contribution in [3.8, 4) is 0 Å². The van der Waals surface area contributed by atoms with E-state index >= 15 is 0 Å². The van der Waals surface area contributed by atoms with Gasteiger partial charge >= 0.3 is 5.97 Å². The average molecular weight is 304 g/mol. The number of rotatable bonds is 6. The number of aliphatic hydroxyl groups is 1. The van der Waals surface area contributed by atoms with Gasteiger partial charge in [0.15, 0.2) is 0 Å². The Hall–Kier alpha value is -1.11. The van der Waals surface area contributed by atoms with Crippen molar-refractivity contribution in [3.05, 3.63) is 28.2 Å². The standard InChI is InChI=1S/C11H14BrNO4/c1-17-6-10(5-14)13-9-3-7(11(15)16)2-8(12)4-9/h2-4,10,13-14H,5-6H2,1H3,(H,15,16). The molecule has 0 saturated carbocycles. The smallest absolute Gasteiger partial charge is 0.335 e. The fourth-order valence-corrected chi connectivity index (χ4v) is 1.87. The van der Waals surface area contributed by atoms with Gasteiger partial charge in [0.25, 0.3) is 0 Å². The highest BCUT2D eigenvalue weighted by Crippen LogP contribution is 2.20. The van der Waals surface area contributed by atoms with Crippen molar-refractivity contribution in [2.75, 3.05) is 25.6 Å². The first kappa shape index (κ1) is 14.0. The van der Waals surface area contributed by atoms with Crippen LogP contribution in [0.3, 0.4) is 0 Å². The van der Waals surface area contributed by atoms with Crippen LogP contribution in [0, 0.1) is 0 Å². The van der Waals surface area contributed by atoms with Crippen molar-refractivity contribution in [1.29, 1.82) is 0 Å². The quantitative estimate of drug-likeness (QED) is 0.743. The minimum absolute atomic E-state index is 0.0945. The first-order valence-electron chi connectivity index (χ1n) is 4.97. The maximum absolute atomic E-state index is 10.9. The summed E-state index contributed by atoms with van der Waals surface area (Å²) in [7, 11) is 1.54. The van der Waals surface area contributed by atoms with Gasteiger partial charge in [0.2, 0.25) is 0 Å². The van der Waals surface area contributed by atoms with Crippen molar-refractivity contribution in [2.24, 2.45) is 0 Å². The molecule has 3 N–H and O–H groups in total. The summed E-state index contributed by atoms with van der Waals surface area (Å²) in [5.41, 5.74) is 0.795. The molecule has 0 saturated heterocycles. The zero-order valence-electron chi connectivity index (χ0n) is 9.31. The van der Waals surface area contributed by atoms with Crippen LogP contribution in [0.25, 0.3) is 0 Å². The lowest BCUT2D eigenvalue weighted by Crippen LogP contribution is -2.28. The Bertz CT molecular complexity index is 397. The second kappa shape index (κ2) is 6.58.